The Kier molecular flexibility index (Phi) is 10.5. The van der Waals surface area contributed by atoms with Gasteiger partial charge in [-0.25, -0.2) is 0 Å². The van der Waals surface area contributed by atoms with Crippen molar-refractivity contribution in [3.8, 4) is 0 Å². The number of hydrogen-bond acceptors (Lipinski definition) is 7. The molecule has 9 heteroatoms. The fraction of sp³-hybridized carbons (Fsp3) is 0.250. The zero-order valence-electron chi connectivity index (χ0n) is 25.4. The number of ketones is 1. The van der Waals surface area contributed by atoms with Crippen LogP contribution in [0.15, 0.2) is 102 Å². The number of nitrogens with one attached hydrogen (secondary N) is 2. The summed E-state index contributed by atoms with van der Waals surface area (Å²) in [5, 5.41) is 15.2. The summed E-state index contributed by atoms with van der Waals surface area (Å²) in [5.41, 5.74) is 4.72. The van der Waals surface area contributed by atoms with Crippen molar-refractivity contribution in [2.45, 2.75) is 50.8 Å². The molecule has 1 aliphatic heterocycles. The molecular formula is C36H36N2O6S. The first-order valence-corrected chi connectivity index (χ1v) is 15.7. The summed E-state index contributed by atoms with van der Waals surface area (Å²) in [5.74, 6) is 0.134. The molecule has 4 atom stereocenters. The van der Waals surface area contributed by atoms with Gasteiger partial charge in [-0.3, -0.25) is 14.4 Å². The molecule has 3 N–H and O–H groups in total. The van der Waals surface area contributed by atoms with Crippen LogP contribution in [0.2, 0.25) is 0 Å². The number of Topliss-reactive ketones (excluding diaryl/α,β-unsaturated/α-hetero) is 1. The zero-order chi connectivity index (χ0) is 31.9. The van der Waals surface area contributed by atoms with Crippen LogP contribution in [0.25, 0.3) is 0 Å². The van der Waals surface area contributed by atoms with Gasteiger partial charge in [0.05, 0.1) is 18.8 Å². The van der Waals surface area contributed by atoms with Crippen LogP contribution < -0.4 is 10.6 Å². The van der Waals surface area contributed by atoms with Crippen LogP contribution in [0.1, 0.15) is 70.6 Å². The highest BCUT2D eigenvalue weighted by Gasteiger charge is 2.38. The van der Waals surface area contributed by atoms with Gasteiger partial charge in [-0.15, -0.1) is 11.8 Å². The minimum absolute atomic E-state index is 0.00702. The maximum absolute atomic E-state index is 13.2. The molecular weight excluding hydrogens is 588 g/mol. The van der Waals surface area contributed by atoms with Crippen molar-refractivity contribution in [2.75, 3.05) is 16.4 Å². The first kappa shape index (κ1) is 32.1. The van der Waals surface area contributed by atoms with Crippen molar-refractivity contribution < 1.29 is 29.0 Å². The number of aliphatic hydroxyl groups is 1. The second-order valence-corrected chi connectivity index (χ2v) is 12.1. The van der Waals surface area contributed by atoms with Crippen LogP contribution in [-0.2, 0) is 20.9 Å². The van der Waals surface area contributed by atoms with Crippen molar-refractivity contribution in [2.24, 2.45) is 5.92 Å². The third kappa shape index (κ3) is 8.26. The minimum Gasteiger partial charge on any atom is -0.392 e. The summed E-state index contributed by atoms with van der Waals surface area (Å²) in [7, 11) is 0. The fourth-order valence-electron chi connectivity index (χ4n) is 5.17. The van der Waals surface area contributed by atoms with Gasteiger partial charge >= 0.3 is 0 Å². The van der Waals surface area contributed by atoms with E-state index in [1.165, 1.54) is 13.8 Å². The third-order valence-electron chi connectivity index (χ3n) is 7.66. The number of carbonyl (C=O) groups is 3. The summed E-state index contributed by atoms with van der Waals surface area (Å²) in [6, 6.07) is 29.4. The Balaban J connectivity index is 1.36. The lowest BCUT2D eigenvalue weighted by molar-refractivity contribution is -0.268. The Labute approximate surface area is 267 Å². The van der Waals surface area contributed by atoms with E-state index in [0.717, 1.165) is 21.7 Å². The average molecular weight is 625 g/mol. The van der Waals surface area contributed by atoms with Gasteiger partial charge in [0.2, 0.25) is 5.91 Å². The number of benzene rings is 4. The van der Waals surface area contributed by atoms with Crippen molar-refractivity contribution in [3.63, 3.8) is 0 Å². The maximum Gasteiger partial charge on any atom is 0.255 e. The Morgan fingerprint density at radius 3 is 2.18 bits per heavy atom. The Morgan fingerprint density at radius 1 is 0.778 bits per heavy atom. The van der Waals surface area contributed by atoms with Gasteiger partial charge in [0.15, 0.2) is 12.1 Å². The van der Waals surface area contributed by atoms with Crippen molar-refractivity contribution in [1.29, 1.82) is 0 Å². The minimum atomic E-state index is -0.731. The number of carbonyl (C=O) groups excluding carboxylic acids is 3. The summed E-state index contributed by atoms with van der Waals surface area (Å²) < 4.78 is 13.1. The molecule has 4 aromatic carbocycles. The molecule has 45 heavy (non-hydrogen) atoms. The zero-order valence-corrected chi connectivity index (χ0v) is 26.2. The summed E-state index contributed by atoms with van der Waals surface area (Å²) in [6.07, 6.45) is -1.22. The van der Waals surface area contributed by atoms with Gasteiger partial charge in [-0.2, -0.15) is 0 Å². The largest absolute Gasteiger partial charge is 0.392 e. The van der Waals surface area contributed by atoms with Crippen molar-refractivity contribution in [3.05, 3.63) is 125 Å². The molecule has 1 heterocycles. The first-order valence-electron chi connectivity index (χ1n) is 14.7. The molecule has 0 saturated carbocycles. The number of ether oxygens (including phenoxy) is 2. The Bertz CT molecular complexity index is 1660. The Hall–Kier alpha value is -4.28. The van der Waals surface area contributed by atoms with E-state index in [4.69, 9.17) is 9.47 Å². The second-order valence-electron chi connectivity index (χ2n) is 11.1. The molecule has 1 saturated heterocycles. The van der Waals surface area contributed by atoms with Crippen LogP contribution >= 0.6 is 11.8 Å². The molecule has 4 aromatic rings. The number of thioether (sulfide) groups is 1. The molecule has 0 bridgehead atoms. The van der Waals surface area contributed by atoms with Crippen LogP contribution in [0.3, 0.4) is 0 Å². The third-order valence-corrected chi connectivity index (χ3v) is 8.76. The second kappa shape index (κ2) is 14.7. The number of aliphatic hydroxyl groups excluding tert-OH is 1. The van der Waals surface area contributed by atoms with Gasteiger partial charge in [0.1, 0.15) is 0 Å². The lowest BCUT2D eigenvalue weighted by Crippen LogP contribution is -2.38. The van der Waals surface area contributed by atoms with E-state index in [-0.39, 0.29) is 42.3 Å². The first-order chi connectivity index (χ1) is 21.7. The smallest absolute Gasteiger partial charge is 0.255 e. The molecule has 0 aliphatic carbocycles. The van der Waals surface area contributed by atoms with Gasteiger partial charge in [-0.05, 0) is 66.6 Å². The topological polar surface area (TPSA) is 114 Å². The van der Waals surface area contributed by atoms with E-state index in [1.807, 2.05) is 54.6 Å². The molecule has 0 spiro atoms. The van der Waals surface area contributed by atoms with E-state index in [2.05, 4.69) is 17.6 Å². The number of hydrogen-bond donors (Lipinski definition) is 3. The molecule has 5 rings (SSSR count). The van der Waals surface area contributed by atoms with Crippen molar-refractivity contribution in [1.82, 2.24) is 0 Å². The van der Waals surface area contributed by atoms with Gasteiger partial charge in [-0.1, -0.05) is 55.5 Å². The molecule has 0 aromatic heterocycles. The lowest BCUT2D eigenvalue weighted by Gasteiger charge is -2.41. The van der Waals surface area contributed by atoms with Gasteiger partial charge < -0.3 is 25.2 Å². The van der Waals surface area contributed by atoms with E-state index in [9.17, 15) is 19.5 Å². The predicted octanol–water partition coefficient (Wildman–Crippen LogP) is 7.18. The van der Waals surface area contributed by atoms with Crippen LogP contribution in [0.5, 0.6) is 0 Å². The highest BCUT2D eigenvalue weighted by molar-refractivity contribution is 7.99. The molecule has 2 amide bonds. The SMILES string of the molecule is CC(=O)Nc1ccc(SC[C@H]2OC(c3cccc(C(=O)Nc4cccc(C(C)=O)c4)c3)O[C@@H](c3ccc(CO)cc3)[C@H]2C)cc1. The average Bonchev–Trinajstić information content (AvgIpc) is 3.05. The summed E-state index contributed by atoms with van der Waals surface area (Å²) in [4.78, 5) is 37.4. The standard InChI is InChI=1S/C36H36N2O6S/c1-22-33(21-45-32-16-14-30(15-17-32)37-24(3)41)43-36(44-34(22)26-12-10-25(20-39)11-13-26)29-8-4-7-28(18-29)35(42)38-31-9-5-6-27(19-31)23(2)40/h4-19,22,33-34,36,39H,20-21H2,1-3H3,(H,37,41)(H,38,42)/t22-,33+,34+,36?/m0/s1. The van der Waals surface area contributed by atoms with E-state index in [1.54, 1.807) is 54.2 Å². The lowest BCUT2D eigenvalue weighted by atomic mass is 9.91. The fourth-order valence-corrected chi connectivity index (χ4v) is 6.24. The molecule has 1 fully saturated rings. The van der Waals surface area contributed by atoms with E-state index in [0.29, 0.717) is 28.1 Å². The van der Waals surface area contributed by atoms with Crippen molar-refractivity contribution >= 4 is 40.7 Å². The summed E-state index contributed by atoms with van der Waals surface area (Å²) in [6.45, 7) is 5.03. The Morgan fingerprint density at radius 2 is 1.49 bits per heavy atom. The number of amides is 2. The van der Waals surface area contributed by atoms with E-state index >= 15 is 0 Å². The van der Waals surface area contributed by atoms with Gasteiger partial charge in [0.25, 0.3) is 5.91 Å². The normalized spacial score (nSPS) is 19.5. The van der Waals surface area contributed by atoms with E-state index < -0.39 is 6.29 Å². The highest BCUT2D eigenvalue weighted by atomic mass is 32.2. The molecule has 1 aliphatic rings. The predicted molar refractivity (Wildman–Crippen MR) is 175 cm³/mol. The quantitative estimate of drug-likeness (QED) is 0.127. The van der Waals surface area contributed by atoms with Crippen LogP contribution in [0.4, 0.5) is 11.4 Å². The van der Waals surface area contributed by atoms with Crippen LogP contribution in [0, 0.1) is 5.92 Å². The highest BCUT2D eigenvalue weighted by Crippen LogP contribution is 2.43. The molecule has 0 radical (unpaired) electrons. The monoisotopic (exact) mass is 624 g/mol. The number of anilines is 2. The maximum atomic E-state index is 13.2. The number of rotatable bonds is 10. The molecule has 1 unspecified atom stereocenters. The molecule has 8 nitrogen and oxygen atoms in total. The summed E-state index contributed by atoms with van der Waals surface area (Å²) >= 11 is 1.66. The van der Waals surface area contributed by atoms with Crippen LogP contribution in [-0.4, -0.2) is 34.6 Å². The van der Waals surface area contributed by atoms with Gasteiger partial charge in [0, 0.05) is 51.6 Å². The molecule has 232 valence electrons.